The standard InChI is InChI=1S/C17H19BrN2O3S2/c1-12-4-6-13(7-5-12)11-19-17(21)14-3-2-10-20(14)25(22,23)16-9-8-15(18)24-16/h4-9,14H,2-3,10-11H2,1H3,(H,19,21). The number of halogens is 1. The summed E-state index contributed by atoms with van der Waals surface area (Å²) < 4.78 is 28.0. The summed E-state index contributed by atoms with van der Waals surface area (Å²) in [6.07, 6.45) is 1.24. The van der Waals surface area contributed by atoms with Crippen LogP contribution in [0.25, 0.3) is 0 Å². The van der Waals surface area contributed by atoms with E-state index in [9.17, 15) is 13.2 Å². The van der Waals surface area contributed by atoms with Gasteiger partial charge in [-0.25, -0.2) is 8.42 Å². The molecule has 1 unspecified atom stereocenters. The number of carbonyl (C=O) groups excluding carboxylic acids is 1. The average molecular weight is 443 g/mol. The maximum atomic E-state index is 12.8. The van der Waals surface area contributed by atoms with Crippen LogP contribution in [-0.2, 0) is 21.4 Å². The largest absolute Gasteiger partial charge is 0.351 e. The number of hydrogen-bond acceptors (Lipinski definition) is 4. The number of carbonyl (C=O) groups is 1. The molecule has 2 heterocycles. The fraction of sp³-hybridized carbons (Fsp3) is 0.353. The summed E-state index contributed by atoms with van der Waals surface area (Å²) in [7, 11) is -3.64. The van der Waals surface area contributed by atoms with E-state index in [0.717, 1.165) is 26.3 Å². The zero-order chi connectivity index (χ0) is 18.0. The van der Waals surface area contributed by atoms with Gasteiger partial charge in [-0.1, -0.05) is 29.8 Å². The van der Waals surface area contributed by atoms with Crippen molar-refractivity contribution in [3.05, 3.63) is 51.3 Å². The smallest absolute Gasteiger partial charge is 0.253 e. The van der Waals surface area contributed by atoms with Crippen molar-refractivity contribution in [1.82, 2.24) is 9.62 Å². The highest BCUT2D eigenvalue weighted by Gasteiger charge is 2.39. The number of aryl methyl sites for hydroxylation is 1. The first kappa shape index (κ1) is 18.6. The Balaban J connectivity index is 1.70. The summed E-state index contributed by atoms with van der Waals surface area (Å²) in [6.45, 7) is 2.78. The number of rotatable bonds is 5. The molecule has 1 fully saturated rings. The first-order valence-electron chi connectivity index (χ1n) is 7.98. The third kappa shape index (κ3) is 4.13. The predicted molar refractivity (Wildman–Crippen MR) is 102 cm³/mol. The fourth-order valence-corrected chi connectivity index (χ4v) is 6.65. The van der Waals surface area contributed by atoms with Crippen LogP contribution in [0, 0.1) is 6.92 Å². The van der Waals surface area contributed by atoms with Crippen LogP contribution in [0.4, 0.5) is 0 Å². The Morgan fingerprint density at radius 3 is 2.64 bits per heavy atom. The molecule has 1 N–H and O–H groups in total. The zero-order valence-corrected chi connectivity index (χ0v) is 17.0. The molecule has 0 bridgehead atoms. The molecule has 5 nitrogen and oxygen atoms in total. The van der Waals surface area contributed by atoms with Crippen LogP contribution >= 0.6 is 27.3 Å². The Kier molecular flexibility index (Phi) is 5.62. The van der Waals surface area contributed by atoms with Gasteiger partial charge in [0.05, 0.1) is 3.79 Å². The lowest BCUT2D eigenvalue weighted by atomic mass is 10.1. The van der Waals surface area contributed by atoms with Gasteiger partial charge in [0.25, 0.3) is 10.0 Å². The van der Waals surface area contributed by atoms with E-state index < -0.39 is 16.1 Å². The monoisotopic (exact) mass is 442 g/mol. The maximum Gasteiger partial charge on any atom is 0.253 e. The Labute approximate surface area is 160 Å². The van der Waals surface area contributed by atoms with E-state index in [4.69, 9.17) is 0 Å². The summed E-state index contributed by atoms with van der Waals surface area (Å²) in [5.41, 5.74) is 2.15. The van der Waals surface area contributed by atoms with E-state index in [2.05, 4.69) is 21.2 Å². The van der Waals surface area contributed by atoms with E-state index in [1.807, 2.05) is 31.2 Å². The van der Waals surface area contributed by atoms with Crippen LogP contribution in [0.15, 0.2) is 44.4 Å². The van der Waals surface area contributed by atoms with E-state index in [-0.39, 0.29) is 10.1 Å². The number of amides is 1. The van der Waals surface area contributed by atoms with Crippen LogP contribution in [0.1, 0.15) is 24.0 Å². The van der Waals surface area contributed by atoms with Crippen molar-refractivity contribution in [2.24, 2.45) is 0 Å². The molecule has 2 aromatic rings. The molecule has 25 heavy (non-hydrogen) atoms. The van der Waals surface area contributed by atoms with Gasteiger partial charge < -0.3 is 5.32 Å². The molecular weight excluding hydrogens is 424 g/mol. The van der Waals surface area contributed by atoms with E-state index in [1.54, 1.807) is 12.1 Å². The Hall–Kier alpha value is -1.22. The van der Waals surface area contributed by atoms with Gasteiger partial charge in [-0.2, -0.15) is 4.31 Å². The normalized spacial score (nSPS) is 18.4. The quantitative estimate of drug-likeness (QED) is 0.772. The Morgan fingerprint density at radius 1 is 1.28 bits per heavy atom. The lowest BCUT2D eigenvalue weighted by molar-refractivity contribution is -0.124. The second kappa shape index (κ2) is 7.57. The lowest BCUT2D eigenvalue weighted by Crippen LogP contribution is -2.45. The Morgan fingerprint density at radius 2 is 2.00 bits per heavy atom. The first-order valence-corrected chi connectivity index (χ1v) is 11.0. The van der Waals surface area contributed by atoms with Gasteiger partial charge in [-0.3, -0.25) is 4.79 Å². The number of nitrogens with one attached hydrogen (secondary N) is 1. The second-order valence-corrected chi connectivity index (χ2v) is 10.6. The number of thiophene rings is 1. The molecule has 0 spiro atoms. The molecule has 1 aromatic heterocycles. The predicted octanol–water partition coefficient (Wildman–Crippen LogP) is 3.29. The third-order valence-corrected chi connectivity index (χ3v) is 8.20. The number of hydrogen-bond donors (Lipinski definition) is 1. The van der Waals surface area contributed by atoms with Gasteiger partial charge in [0.1, 0.15) is 10.3 Å². The molecule has 134 valence electrons. The molecule has 1 aliphatic heterocycles. The van der Waals surface area contributed by atoms with Gasteiger partial charge >= 0.3 is 0 Å². The van der Waals surface area contributed by atoms with Crippen LogP contribution in [0.2, 0.25) is 0 Å². The summed E-state index contributed by atoms with van der Waals surface area (Å²) >= 11 is 4.45. The van der Waals surface area contributed by atoms with Crippen molar-refractivity contribution >= 4 is 43.2 Å². The van der Waals surface area contributed by atoms with Gasteiger partial charge in [-0.05, 0) is 53.4 Å². The van der Waals surface area contributed by atoms with Crippen LogP contribution < -0.4 is 5.32 Å². The van der Waals surface area contributed by atoms with Crippen molar-refractivity contribution in [2.75, 3.05) is 6.54 Å². The highest BCUT2D eigenvalue weighted by Crippen LogP contribution is 2.32. The first-order chi connectivity index (χ1) is 11.9. The van der Waals surface area contributed by atoms with Crippen molar-refractivity contribution in [1.29, 1.82) is 0 Å². The lowest BCUT2D eigenvalue weighted by Gasteiger charge is -2.22. The zero-order valence-electron chi connectivity index (χ0n) is 13.7. The van der Waals surface area contributed by atoms with Crippen molar-refractivity contribution in [3.63, 3.8) is 0 Å². The number of nitrogens with zero attached hydrogens (tertiary/aromatic N) is 1. The second-order valence-electron chi connectivity index (χ2n) is 6.04. The minimum atomic E-state index is -3.64. The molecule has 8 heteroatoms. The van der Waals surface area contributed by atoms with Crippen LogP contribution in [0.5, 0.6) is 0 Å². The minimum Gasteiger partial charge on any atom is -0.351 e. The SMILES string of the molecule is Cc1ccc(CNC(=O)C2CCCN2S(=O)(=O)c2ccc(Br)s2)cc1. The third-order valence-electron chi connectivity index (χ3n) is 4.21. The van der Waals surface area contributed by atoms with E-state index >= 15 is 0 Å². The topological polar surface area (TPSA) is 66.5 Å². The molecule has 1 saturated heterocycles. The molecule has 0 radical (unpaired) electrons. The van der Waals surface area contributed by atoms with Gasteiger partial charge in [0, 0.05) is 13.1 Å². The summed E-state index contributed by atoms with van der Waals surface area (Å²) in [5, 5.41) is 2.87. The molecule has 1 aliphatic rings. The fourth-order valence-electron chi connectivity index (χ4n) is 2.85. The van der Waals surface area contributed by atoms with E-state index in [0.29, 0.717) is 25.9 Å². The number of sulfonamides is 1. The Bertz CT molecular complexity index is 862. The molecule has 0 saturated carbocycles. The van der Waals surface area contributed by atoms with Crippen molar-refractivity contribution in [3.8, 4) is 0 Å². The maximum absolute atomic E-state index is 12.8. The minimum absolute atomic E-state index is 0.239. The van der Waals surface area contributed by atoms with Crippen molar-refractivity contribution < 1.29 is 13.2 Å². The van der Waals surface area contributed by atoms with Crippen LogP contribution in [-0.4, -0.2) is 31.2 Å². The number of benzene rings is 1. The summed E-state index contributed by atoms with van der Waals surface area (Å²) in [4.78, 5) is 12.6. The summed E-state index contributed by atoms with van der Waals surface area (Å²) in [6, 6.07) is 10.5. The van der Waals surface area contributed by atoms with E-state index in [1.165, 1.54) is 4.31 Å². The average Bonchev–Trinajstić information content (AvgIpc) is 3.23. The molecular formula is C17H19BrN2O3S2. The van der Waals surface area contributed by atoms with Gasteiger partial charge in [0.15, 0.2) is 0 Å². The molecule has 1 atom stereocenters. The van der Waals surface area contributed by atoms with Gasteiger partial charge in [0.2, 0.25) is 5.91 Å². The van der Waals surface area contributed by atoms with Crippen LogP contribution in [0.3, 0.4) is 0 Å². The molecule has 3 rings (SSSR count). The highest BCUT2D eigenvalue weighted by molar-refractivity contribution is 9.11. The van der Waals surface area contributed by atoms with Crippen molar-refractivity contribution in [2.45, 2.75) is 36.6 Å². The highest BCUT2D eigenvalue weighted by atomic mass is 79.9. The molecule has 0 aliphatic carbocycles. The van der Waals surface area contributed by atoms with Gasteiger partial charge in [-0.15, -0.1) is 11.3 Å². The summed E-state index contributed by atoms with van der Waals surface area (Å²) in [5.74, 6) is -0.239. The molecule has 1 aromatic carbocycles. The molecule has 1 amide bonds.